The molecule has 3 heterocycles. The predicted octanol–water partition coefficient (Wildman–Crippen LogP) is 3.72. The molecule has 26 heavy (non-hydrogen) atoms. The summed E-state index contributed by atoms with van der Waals surface area (Å²) in [5.74, 6) is 0.171. The zero-order valence-electron chi connectivity index (χ0n) is 13.8. The number of hydrogen-bond donors (Lipinski definition) is 0. The molecule has 0 saturated carbocycles. The summed E-state index contributed by atoms with van der Waals surface area (Å²) in [5.41, 5.74) is 2.95. The Morgan fingerprint density at radius 2 is 2.12 bits per heavy atom. The Morgan fingerprint density at radius 1 is 1.23 bits per heavy atom. The van der Waals surface area contributed by atoms with Gasteiger partial charge < -0.3 is 4.42 Å². The molecule has 1 aliphatic rings. The first-order valence-electron chi connectivity index (χ1n) is 8.27. The van der Waals surface area contributed by atoms with E-state index in [9.17, 15) is 9.65 Å². The molecule has 0 spiro atoms. The van der Waals surface area contributed by atoms with Crippen LogP contribution in [0.1, 0.15) is 30.3 Å². The fourth-order valence-corrected chi connectivity index (χ4v) is 3.24. The van der Waals surface area contributed by atoms with Gasteiger partial charge in [-0.15, -0.1) is 0 Å². The van der Waals surface area contributed by atoms with Gasteiger partial charge in [0.1, 0.15) is 12.2 Å². The van der Waals surface area contributed by atoms with E-state index in [2.05, 4.69) is 16.0 Å². The number of alkyl halides is 1. The highest BCUT2D eigenvalue weighted by atomic mass is 19.1. The maximum absolute atomic E-state index is 14.4. The summed E-state index contributed by atoms with van der Waals surface area (Å²) < 4.78 is 20.1. The molecular formula is C19H14FN5O. The second kappa shape index (κ2) is 6.45. The summed E-state index contributed by atoms with van der Waals surface area (Å²) in [6.07, 6.45) is 3.46. The Hall–Kier alpha value is -3.45. The van der Waals surface area contributed by atoms with E-state index in [4.69, 9.17) is 9.68 Å². The minimum atomic E-state index is -1.21. The van der Waals surface area contributed by atoms with Gasteiger partial charge in [0.15, 0.2) is 17.4 Å². The van der Waals surface area contributed by atoms with E-state index in [1.54, 1.807) is 30.5 Å². The number of likely N-dealkylation sites (tertiary alicyclic amines) is 1. The lowest BCUT2D eigenvalue weighted by atomic mass is 10.0. The van der Waals surface area contributed by atoms with E-state index >= 15 is 0 Å². The Balaban J connectivity index is 1.74. The summed E-state index contributed by atoms with van der Waals surface area (Å²) >= 11 is 0. The van der Waals surface area contributed by atoms with E-state index in [-0.39, 0.29) is 5.89 Å². The van der Waals surface area contributed by atoms with Gasteiger partial charge in [-0.2, -0.15) is 15.5 Å². The lowest BCUT2D eigenvalue weighted by Gasteiger charge is -2.31. The minimum Gasteiger partial charge on any atom is -0.436 e. The molecule has 0 bridgehead atoms. The molecule has 6 nitrogen and oxygen atoms in total. The van der Waals surface area contributed by atoms with Crippen molar-refractivity contribution in [3.8, 4) is 23.4 Å². The molecule has 2 aromatic heterocycles. The van der Waals surface area contributed by atoms with Crippen molar-refractivity contribution in [1.82, 2.24) is 14.9 Å². The summed E-state index contributed by atoms with van der Waals surface area (Å²) in [7, 11) is 0. The number of aromatic nitrogens is 2. The van der Waals surface area contributed by atoms with Gasteiger partial charge in [0.2, 0.25) is 5.89 Å². The molecule has 2 unspecified atom stereocenters. The van der Waals surface area contributed by atoms with Crippen molar-refractivity contribution in [2.45, 2.75) is 25.1 Å². The summed E-state index contributed by atoms with van der Waals surface area (Å²) in [4.78, 5) is 9.95. The number of nitriles is 2. The third kappa shape index (κ3) is 2.74. The van der Waals surface area contributed by atoms with Crippen molar-refractivity contribution in [3.63, 3.8) is 0 Å². The first-order chi connectivity index (χ1) is 12.7. The SMILES string of the molecule is N#Cc1cccc(-c2cnc3nc(C4C(F)CCCN4C#N)oc3c2)c1. The van der Waals surface area contributed by atoms with Gasteiger partial charge in [0.25, 0.3) is 0 Å². The van der Waals surface area contributed by atoms with E-state index in [0.717, 1.165) is 11.1 Å². The number of hydrogen-bond acceptors (Lipinski definition) is 6. The number of fused-ring (bicyclic) bond motifs is 1. The second-order valence-corrected chi connectivity index (χ2v) is 6.19. The lowest BCUT2D eigenvalue weighted by molar-refractivity contribution is 0.0915. The quantitative estimate of drug-likeness (QED) is 0.656. The molecule has 3 aromatic rings. The van der Waals surface area contributed by atoms with Gasteiger partial charge >= 0.3 is 0 Å². The molecule has 1 fully saturated rings. The standard InChI is InChI=1S/C19H14FN5O/c20-15-5-2-6-25(11-22)17(15)19-24-18-16(26-19)8-14(10-23-18)13-4-1-3-12(7-13)9-21/h1,3-4,7-8,10,15,17H,2,5-6H2. The van der Waals surface area contributed by atoms with Gasteiger partial charge in [0, 0.05) is 18.3 Å². The molecular weight excluding hydrogens is 333 g/mol. The summed E-state index contributed by atoms with van der Waals surface area (Å²) in [6.45, 7) is 0.486. The van der Waals surface area contributed by atoms with Crippen LogP contribution in [-0.4, -0.2) is 27.6 Å². The molecule has 1 saturated heterocycles. The van der Waals surface area contributed by atoms with Crippen LogP contribution in [0.3, 0.4) is 0 Å². The van der Waals surface area contributed by atoms with Crippen molar-refractivity contribution in [3.05, 3.63) is 48.0 Å². The lowest BCUT2D eigenvalue weighted by Crippen LogP contribution is -2.37. The third-order valence-electron chi connectivity index (χ3n) is 4.53. The van der Waals surface area contributed by atoms with Crippen molar-refractivity contribution < 1.29 is 8.81 Å². The van der Waals surface area contributed by atoms with Crippen LogP contribution in [0.2, 0.25) is 0 Å². The highest BCUT2D eigenvalue weighted by Gasteiger charge is 2.36. The van der Waals surface area contributed by atoms with Gasteiger partial charge in [-0.05, 0) is 36.6 Å². The van der Waals surface area contributed by atoms with E-state index < -0.39 is 12.2 Å². The number of piperidine rings is 1. The number of pyridine rings is 1. The molecule has 0 aliphatic carbocycles. The number of benzene rings is 1. The average Bonchev–Trinajstić information content (AvgIpc) is 3.10. The van der Waals surface area contributed by atoms with Crippen LogP contribution in [0, 0.1) is 22.8 Å². The molecule has 0 amide bonds. The predicted molar refractivity (Wildman–Crippen MR) is 91.1 cm³/mol. The molecule has 2 atom stereocenters. The molecule has 7 heteroatoms. The van der Waals surface area contributed by atoms with Gasteiger partial charge in [-0.3, -0.25) is 4.90 Å². The highest BCUT2D eigenvalue weighted by molar-refractivity contribution is 5.76. The van der Waals surface area contributed by atoms with E-state index in [1.165, 1.54) is 4.90 Å². The first-order valence-corrected chi connectivity index (χ1v) is 8.27. The molecule has 0 radical (unpaired) electrons. The van der Waals surface area contributed by atoms with Crippen molar-refractivity contribution in [1.29, 1.82) is 10.5 Å². The number of nitrogens with zero attached hydrogens (tertiary/aromatic N) is 5. The number of rotatable bonds is 2. The fraction of sp³-hybridized carbons (Fsp3) is 0.263. The number of oxazole rings is 1. The van der Waals surface area contributed by atoms with Gasteiger partial charge in [-0.25, -0.2) is 9.37 Å². The number of halogens is 1. The zero-order chi connectivity index (χ0) is 18.1. The van der Waals surface area contributed by atoms with Crippen LogP contribution in [0.25, 0.3) is 22.4 Å². The normalized spacial score (nSPS) is 19.9. The fourth-order valence-electron chi connectivity index (χ4n) is 3.24. The Kier molecular flexibility index (Phi) is 3.98. The van der Waals surface area contributed by atoms with E-state index in [1.807, 2.05) is 12.3 Å². The Bertz CT molecular complexity index is 1050. The molecule has 0 N–H and O–H groups in total. The van der Waals surface area contributed by atoms with Crippen LogP contribution >= 0.6 is 0 Å². The highest BCUT2D eigenvalue weighted by Crippen LogP contribution is 2.34. The molecule has 1 aromatic carbocycles. The van der Waals surface area contributed by atoms with Gasteiger partial charge in [-0.1, -0.05) is 12.1 Å². The average molecular weight is 347 g/mol. The summed E-state index contributed by atoms with van der Waals surface area (Å²) in [6, 6.07) is 10.2. The maximum atomic E-state index is 14.4. The van der Waals surface area contributed by atoms with Crippen LogP contribution in [0.5, 0.6) is 0 Å². The Labute approximate surface area is 149 Å². The largest absolute Gasteiger partial charge is 0.436 e. The van der Waals surface area contributed by atoms with Crippen molar-refractivity contribution in [2.24, 2.45) is 0 Å². The maximum Gasteiger partial charge on any atom is 0.223 e. The van der Waals surface area contributed by atoms with Crippen molar-refractivity contribution >= 4 is 11.2 Å². The van der Waals surface area contributed by atoms with Gasteiger partial charge in [0.05, 0.1) is 11.6 Å². The molecule has 4 rings (SSSR count). The minimum absolute atomic E-state index is 0.171. The van der Waals surface area contributed by atoms with Crippen LogP contribution in [0.15, 0.2) is 40.9 Å². The topological polar surface area (TPSA) is 89.7 Å². The van der Waals surface area contributed by atoms with Crippen LogP contribution < -0.4 is 0 Å². The molecule has 1 aliphatic heterocycles. The van der Waals surface area contributed by atoms with Crippen LogP contribution in [0.4, 0.5) is 4.39 Å². The monoisotopic (exact) mass is 347 g/mol. The Morgan fingerprint density at radius 3 is 2.92 bits per heavy atom. The third-order valence-corrected chi connectivity index (χ3v) is 4.53. The van der Waals surface area contributed by atoms with Crippen molar-refractivity contribution in [2.75, 3.05) is 6.54 Å². The first kappa shape index (κ1) is 16.0. The summed E-state index contributed by atoms with van der Waals surface area (Å²) in [5, 5.41) is 18.3. The van der Waals surface area contributed by atoms with Crippen LogP contribution in [-0.2, 0) is 0 Å². The van der Waals surface area contributed by atoms with E-state index in [0.29, 0.717) is 36.2 Å². The zero-order valence-corrected chi connectivity index (χ0v) is 13.8. The molecule has 128 valence electrons. The smallest absolute Gasteiger partial charge is 0.223 e. The second-order valence-electron chi connectivity index (χ2n) is 6.19.